The Hall–Kier alpha value is -2.34. The summed E-state index contributed by atoms with van der Waals surface area (Å²) in [4.78, 5) is 18.4. The number of aromatic nitrogens is 1. The first kappa shape index (κ1) is 15.2. The molecule has 2 saturated heterocycles. The van der Waals surface area contributed by atoms with Crippen LogP contribution < -0.4 is 4.74 Å². The highest BCUT2D eigenvalue weighted by molar-refractivity contribution is 5.91. The number of amides is 1. The fraction of sp³-hybridized carbons (Fsp3) is 0.444. The van der Waals surface area contributed by atoms with Crippen LogP contribution in [-0.2, 0) is 4.74 Å². The molecule has 0 aliphatic carbocycles. The molecule has 4 heterocycles. The maximum absolute atomic E-state index is 12.5. The van der Waals surface area contributed by atoms with Crippen LogP contribution in [0.1, 0.15) is 29.8 Å². The fourth-order valence-electron chi connectivity index (χ4n) is 3.54. The van der Waals surface area contributed by atoms with E-state index in [9.17, 15) is 4.79 Å². The number of rotatable bonds is 4. The summed E-state index contributed by atoms with van der Waals surface area (Å²) in [5.74, 6) is 1.11. The van der Waals surface area contributed by atoms with Gasteiger partial charge < -0.3 is 18.8 Å². The van der Waals surface area contributed by atoms with Crippen molar-refractivity contribution < 1.29 is 18.7 Å². The number of fused-ring (bicyclic) bond motifs is 1. The molecule has 2 aromatic rings. The zero-order valence-corrected chi connectivity index (χ0v) is 13.3. The minimum absolute atomic E-state index is 0.0406. The summed E-state index contributed by atoms with van der Waals surface area (Å²) in [7, 11) is 0. The van der Waals surface area contributed by atoms with Crippen LogP contribution in [0.25, 0.3) is 0 Å². The molecule has 0 unspecified atom stereocenters. The second-order valence-electron chi connectivity index (χ2n) is 6.21. The molecule has 24 heavy (non-hydrogen) atoms. The maximum Gasteiger partial charge on any atom is 0.289 e. The summed E-state index contributed by atoms with van der Waals surface area (Å²) in [6, 6.07) is 7.32. The summed E-state index contributed by atoms with van der Waals surface area (Å²) in [5, 5.41) is 0. The average Bonchev–Trinajstić information content (AvgIpc) is 3.30. The molecule has 2 aromatic heterocycles. The van der Waals surface area contributed by atoms with E-state index < -0.39 is 0 Å². The quantitative estimate of drug-likeness (QED) is 0.863. The van der Waals surface area contributed by atoms with Crippen LogP contribution in [0.5, 0.6) is 5.75 Å². The number of hydrogen-bond donors (Lipinski definition) is 0. The van der Waals surface area contributed by atoms with Gasteiger partial charge in [-0.05, 0) is 43.5 Å². The van der Waals surface area contributed by atoms with E-state index in [-0.39, 0.29) is 24.2 Å². The summed E-state index contributed by atoms with van der Waals surface area (Å²) < 4.78 is 17.1. The van der Waals surface area contributed by atoms with Gasteiger partial charge >= 0.3 is 0 Å². The predicted molar refractivity (Wildman–Crippen MR) is 85.8 cm³/mol. The average molecular weight is 328 g/mol. The van der Waals surface area contributed by atoms with Gasteiger partial charge in [0.05, 0.1) is 30.7 Å². The highest BCUT2D eigenvalue weighted by Gasteiger charge is 2.42. The van der Waals surface area contributed by atoms with E-state index in [1.54, 1.807) is 24.5 Å². The smallest absolute Gasteiger partial charge is 0.289 e. The van der Waals surface area contributed by atoms with E-state index in [0.717, 1.165) is 25.0 Å². The van der Waals surface area contributed by atoms with E-state index in [4.69, 9.17) is 13.9 Å². The van der Waals surface area contributed by atoms with E-state index in [2.05, 4.69) is 4.98 Å². The number of ether oxygens (including phenoxy) is 2. The van der Waals surface area contributed by atoms with Crippen LogP contribution in [0.2, 0.25) is 0 Å². The zero-order valence-electron chi connectivity index (χ0n) is 13.3. The first-order valence-corrected chi connectivity index (χ1v) is 8.34. The third-order valence-corrected chi connectivity index (χ3v) is 4.70. The predicted octanol–water partition coefficient (Wildman–Crippen LogP) is 2.52. The molecular formula is C18H20N2O4. The molecule has 1 amide bonds. The molecule has 0 spiro atoms. The molecule has 6 heteroatoms. The number of carbonyl (C=O) groups excluding carboxylic acids is 1. The first-order chi connectivity index (χ1) is 11.8. The summed E-state index contributed by atoms with van der Waals surface area (Å²) in [5.41, 5.74) is 0. The molecule has 0 saturated carbocycles. The molecule has 0 aromatic carbocycles. The van der Waals surface area contributed by atoms with Crippen molar-refractivity contribution in [2.24, 2.45) is 0 Å². The molecular weight excluding hydrogens is 308 g/mol. The number of furan rings is 1. The van der Waals surface area contributed by atoms with Crippen LogP contribution in [0.3, 0.4) is 0 Å². The second kappa shape index (κ2) is 6.65. The van der Waals surface area contributed by atoms with Gasteiger partial charge in [-0.1, -0.05) is 0 Å². The van der Waals surface area contributed by atoms with Crippen molar-refractivity contribution in [1.29, 1.82) is 0 Å². The van der Waals surface area contributed by atoms with Gasteiger partial charge in [-0.2, -0.15) is 0 Å². The van der Waals surface area contributed by atoms with Crippen LogP contribution in [0.4, 0.5) is 0 Å². The Kier molecular flexibility index (Phi) is 4.21. The first-order valence-electron chi connectivity index (χ1n) is 8.34. The lowest BCUT2D eigenvalue weighted by atomic mass is 9.99. The monoisotopic (exact) mass is 328 g/mol. The molecule has 2 aliphatic rings. The van der Waals surface area contributed by atoms with E-state index in [1.165, 1.54) is 6.26 Å². The molecule has 4 rings (SSSR count). The second-order valence-corrected chi connectivity index (χ2v) is 6.21. The van der Waals surface area contributed by atoms with E-state index in [0.29, 0.717) is 18.9 Å². The molecule has 0 radical (unpaired) electrons. The van der Waals surface area contributed by atoms with Crippen molar-refractivity contribution in [2.45, 2.75) is 37.5 Å². The van der Waals surface area contributed by atoms with Crippen molar-refractivity contribution in [3.63, 3.8) is 0 Å². The summed E-state index contributed by atoms with van der Waals surface area (Å²) in [6.07, 6.45) is 7.76. The topological polar surface area (TPSA) is 64.8 Å². The van der Waals surface area contributed by atoms with E-state index >= 15 is 0 Å². The Morgan fingerprint density at radius 1 is 1.29 bits per heavy atom. The number of likely N-dealkylation sites (tertiary alicyclic amines) is 1. The van der Waals surface area contributed by atoms with E-state index in [1.807, 2.05) is 17.0 Å². The minimum atomic E-state index is -0.0406. The number of hydrogen-bond acceptors (Lipinski definition) is 5. The fourth-order valence-corrected chi connectivity index (χ4v) is 3.54. The molecule has 0 bridgehead atoms. The lowest BCUT2D eigenvalue weighted by molar-refractivity contribution is -0.0804. The highest BCUT2D eigenvalue weighted by Crippen LogP contribution is 2.32. The van der Waals surface area contributed by atoms with Crippen LogP contribution in [-0.4, -0.2) is 47.2 Å². The van der Waals surface area contributed by atoms with Crippen molar-refractivity contribution in [1.82, 2.24) is 9.88 Å². The van der Waals surface area contributed by atoms with Crippen LogP contribution in [0.15, 0.2) is 47.3 Å². The van der Waals surface area contributed by atoms with Crippen molar-refractivity contribution in [2.75, 3.05) is 13.2 Å². The Balaban J connectivity index is 1.33. The molecule has 126 valence electrons. The Morgan fingerprint density at radius 3 is 3.04 bits per heavy atom. The van der Waals surface area contributed by atoms with Gasteiger partial charge in [-0.15, -0.1) is 0 Å². The van der Waals surface area contributed by atoms with Gasteiger partial charge in [-0.25, -0.2) is 0 Å². The lowest BCUT2D eigenvalue weighted by Crippen LogP contribution is -2.46. The van der Waals surface area contributed by atoms with Crippen molar-refractivity contribution in [3.05, 3.63) is 48.7 Å². The minimum Gasteiger partial charge on any atom is -0.489 e. The standard InChI is InChI=1S/C18H20N2O4/c21-18(17-4-2-10-22-17)20-9-7-16-15(20)6-5-14(24-16)12-23-13-3-1-8-19-11-13/h1-4,8,10-11,14-16H,5-7,9,12H2/t14-,15+,16+/m1/s1. The maximum atomic E-state index is 12.5. The SMILES string of the molecule is O=C(c1ccco1)N1CC[C@@H]2O[C@@H](COc3cccnc3)CC[C@@H]21. The molecule has 6 nitrogen and oxygen atoms in total. The highest BCUT2D eigenvalue weighted by atomic mass is 16.5. The third-order valence-electron chi connectivity index (χ3n) is 4.70. The van der Waals surface area contributed by atoms with Gasteiger partial charge in [0.25, 0.3) is 5.91 Å². The lowest BCUT2D eigenvalue weighted by Gasteiger charge is -2.35. The zero-order chi connectivity index (χ0) is 16.4. The molecule has 2 aliphatic heterocycles. The normalized spacial score (nSPS) is 26.2. The number of nitrogens with zero attached hydrogens (tertiary/aromatic N) is 2. The Bertz CT molecular complexity index is 674. The summed E-state index contributed by atoms with van der Waals surface area (Å²) in [6.45, 7) is 1.23. The Morgan fingerprint density at radius 2 is 2.25 bits per heavy atom. The van der Waals surface area contributed by atoms with Crippen molar-refractivity contribution in [3.8, 4) is 5.75 Å². The Labute approximate surface area is 140 Å². The molecule has 0 N–H and O–H groups in total. The van der Waals surface area contributed by atoms with Crippen molar-refractivity contribution >= 4 is 5.91 Å². The largest absolute Gasteiger partial charge is 0.489 e. The molecule has 3 atom stereocenters. The van der Waals surface area contributed by atoms with Gasteiger partial charge in [0.1, 0.15) is 12.4 Å². The van der Waals surface area contributed by atoms with Crippen LogP contribution in [0, 0.1) is 0 Å². The summed E-state index contributed by atoms with van der Waals surface area (Å²) >= 11 is 0. The van der Waals surface area contributed by atoms with Gasteiger partial charge in [0, 0.05) is 12.7 Å². The van der Waals surface area contributed by atoms with Gasteiger partial charge in [-0.3, -0.25) is 9.78 Å². The number of pyridine rings is 1. The number of carbonyl (C=O) groups is 1. The van der Waals surface area contributed by atoms with Gasteiger partial charge in [0.2, 0.25) is 0 Å². The third kappa shape index (κ3) is 3.01. The van der Waals surface area contributed by atoms with Crippen LogP contribution >= 0.6 is 0 Å². The molecule has 2 fully saturated rings. The van der Waals surface area contributed by atoms with Gasteiger partial charge in [0.15, 0.2) is 5.76 Å².